The maximum Gasteiger partial charge on any atom is 0.303 e. The molecule has 8 nitrogen and oxygen atoms in total. The van der Waals surface area contributed by atoms with Crippen LogP contribution in [-0.4, -0.2) is 64.4 Å². The zero-order valence-corrected chi connectivity index (χ0v) is 10.1. The van der Waals surface area contributed by atoms with Crippen LogP contribution in [0.25, 0.3) is 0 Å². The molecule has 0 spiro atoms. The number of hydrogen-bond donors (Lipinski definition) is 4. The summed E-state index contributed by atoms with van der Waals surface area (Å²) in [6, 6.07) is -1.09. The molecule has 1 aliphatic rings. The first-order chi connectivity index (χ1) is 8.36. The first-order valence-electron chi connectivity index (χ1n) is 5.43. The van der Waals surface area contributed by atoms with Crippen molar-refractivity contribution in [2.45, 2.75) is 44.5 Å². The molecule has 0 unspecified atom stereocenters. The first-order valence-corrected chi connectivity index (χ1v) is 5.43. The SMILES string of the molecule is CC(=O)N[C@@H]1[C@@H](OC(C)=O)[C@H](O)[C@H](CO)O[C@H]1O. The standard InChI is InChI=1S/C10H17NO7/c1-4(13)11-7-9(17-5(2)14)8(15)6(3-12)18-10(7)16/h6-10,12,15-16H,3H2,1-2H3,(H,11,13)/t6-,7+,8+,9+,10+/m0/s1. The Kier molecular flexibility index (Phi) is 5.03. The van der Waals surface area contributed by atoms with Crippen molar-refractivity contribution in [2.75, 3.05) is 6.61 Å². The predicted molar refractivity (Wildman–Crippen MR) is 57.1 cm³/mol. The number of nitrogens with one attached hydrogen (secondary N) is 1. The van der Waals surface area contributed by atoms with E-state index < -0.39 is 49.1 Å². The van der Waals surface area contributed by atoms with Crippen LogP contribution in [0.4, 0.5) is 0 Å². The van der Waals surface area contributed by atoms with E-state index in [2.05, 4.69) is 5.32 Å². The average molecular weight is 263 g/mol. The molecule has 1 amide bonds. The van der Waals surface area contributed by atoms with E-state index in [-0.39, 0.29) is 0 Å². The monoisotopic (exact) mass is 263 g/mol. The third-order valence-electron chi connectivity index (χ3n) is 2.54. The van der Waals surface area contributed by atoms with Crippen LogP contribution in [0, 0.1) is 0 Å². The highest BCUT2D eigenvalue weighted by atomic mass is 16.6. The zero-order chi connectivity index (χ0) is 13.9. The zero-order valence-electron chi connectivity index (χ0n) is 10.1. The number of rotatable bonds is 3. The summed E-state index contributed by atoms with van der Waals surface area (Å²) in [4.78, 5) is 22.0. The van der Waals surface area contributed by atoms with Crippen molar-refractivity contribution < 1.29 is 34.4 Å². The summed E-state index contributed by atoms with van der Waals surface area (Å²) in [6.45, 7) is 1.79. The van der Waals surface area contributed by atoms with Crippen LogP contribution in [0.5, 0.6) is 0 Å². The smallest absolute Gasteiger partial charge is 0.303 e. The summed E-state index contributed by atoms with van der Waals surface area (Å²) in [5, 5.41) is 30.8. The number of carbonyl (C=O) groups is 2. The molecule has 0 aromatic rings. The van der Waals surface area contributed by atoms with E-state index in [1.54, 1.807) is 0 Å². The van der Waals surface area contributed by atoms with Crippen LogP contribution in [0.3, 0.4) is 0 Å². The van der Waals surface area contributed by atoms with Gasteiger partial charge in [-0.1, -0.05) is 0 Å². The fraction of sp³-hybridized carbons (Fsp3) is 0.800. The number of carbonyl (C=O) groups excluding carboxylic acids is 2. The van der Waals surface area contributed by atoms with E-state index in [0.717, 1.165) is 6.92 Å². The van der Waals surface area contributed by atoms with Gasteiger partial charge in [-0.05, 0) is 0 Å². The number of aliphatic hydroxyl groups excluding tert-OH is 3. The molecule has 0 bridgehead atoms. The molecule has 8 heteroatoms. The number of hydrogen-bond acceptors (Lipinski definition) is 7. The predicted octanol–water partition coefficient (Wildman–Crippen LogP) is -2.51. The molecular weight excluding hydrogens is 246 g/mol. The Balaban J connectivity index is 2.89. The van der Waals surface area contributed by atoms with Crippen molar-refractivity contribution in [1.82, 2.24) is 5.32 Å². The van der Waals surface area contributed by atoms with Gasteiger partial charge in [0.25, 0.3) is 0 Å². The van der Waals surface area contributed by atoms with E-state index in [9.17, 15) is 19.8 Å². The maximum atomic E-state index is 11.0. The van der Waals surface area contributed by atoms with Crippen molar-refractivity contribution in [1.29, 1.82) is 0 Å². The molecule has 1 heterocycles. The average Bonchev–Trinajstić information content (AvgIpc) is 2.27. The van der Waals surface area contributed by atoms with E-state index in [4.69, 9.17) is 14.6 Å². The van der Waals surface area contributed by atoms with Crippen LogP contribution in [0.1, 0.15) is 13.8 Å². The molecule has 1 saturated heterocycles. The fourth-order valence-electron chi connectivity index (χ4n) is 1.80. The summed E-state index contributed by atoms with van der Waals surface area (Å²) >= 11 is 0. The van der Waals surface area contributed by atoms with Crippen molar-refractivity contribution in [2.24, 2.45) is 0 Å². The van der Waals surface area contributed by atoms with Crippen LogP contribution < -0.4 is 5.32 Å². The molecule has 18 heavy (non-hydrogen) atoms. The molecule has 0 aliphatic carbocycles. The second-order valence-electron chi connectivity index (χ2n) is 4.04. The number of amides is 1. The Morgan fingerprint density at radius 2 is 1.94 bits per heavy atom. The summed E-state index contributed by atoms with van der Waals surface area (Å²) in [7, 11) is 0. The highest BCUT2D eigenvalue weighted by Gasteiger charge is 2.46. The third kappa shape index (κ3) is 3.39. The molecule has 104 valence electrons. The van der Waals surface area contributed by atoms with E-state index in [1.807, 2.05) is 0 Å². The van der Waals surface area contributed by atoms with Gasteiger partial charge in [-0.2, -0.15) is 0 Å². The van der Waals surface area contributed by atoms with Crippen LogP contribution in [-0.2, 0) is 19.1 Å². The molecule has 0 saturated carbocycles. The van der Waals surface area contributed by atoms with Gasteiger partial charge >= 0.3 is 5.97 Å². The van der Waals surface area contributed by atoms with Gasteiger partial charge in [-0.3, -0.25) is 9.59 Å². The third-order valence-corrected chi connectivity index (χ3v) is 2.54. The number of ether oxygens (including phenoxy) is 2. The Morgan fingerprint density at radius 3 is 2.39 bits per heavy atom. The van der Waals surface area contributed by atoms with Crippen LogP contribution in [0.15, 0.2) is 0 Å². The Morgan fingerprint density at radius 1 is 1.33 bits per heavy atom. The minimum Gasteiger partial charge on any atom is -0.457 e. The first kappa shape index (κ1) is 14.8. The number of esters is 1. The lowest BCUT2D eigenvalue weighted by Crippen LogP contribution is -2.65. The van der Waals surface area contributed by atoms with E-state index in [1.165, 1.54) is 6.92 Å². The normalized spacial score (nSPS) is 35.9. The Bertz CT molecular complexity index is 321. The summed E-state index contributed by atoms with van der Waals surface area (Å²) in [5.74, 6) is -1.16. The lowest BCUT2D eigenvalue weighted by molar-refractivity contribution is -0.258. The molecular formula is C10H17NO7. The van der Waals surface area contributed by atoms with Crippen molar-refractivity contribution in [3.05, 3.63) is 0 Å². The van der Waals surface area contributed by atoms with Crippen molar-refractivity contribution in [3.8, 4) is 0 Å². The van der Waals surface area contributed by atoms with Crippen LogP contribution >= 0.6 is 0 Å². The summed E-state index contributed by atoms with van der Waals surface area (Å²) in [5.41, 5.74) is 0. The number of aliphatic hydroxyl groups is 3. The maximum absolute atomic E-state index is 11.0. The van der Waals surface area contributed by atoms with Gasteiger partial charge in [0.2, 0.25) is 5.91 Å². The Labute approximate surface area is 104 Å². The van der Waals surface area contributed by atoms with E-state index in [0.29, 0.717) is 0 Å². The highest BCUT2D eigenvalue weighted by molar-refractivity contribution is 5.73. The minimum absolute atomic E-state index is 0.477. The second-order valence-corrected chi connectivity index (χ2v) is 4.04. The fourth-order valence-corrected chi connectivity index (χ4v) is 1.80. The van der Waals surface area contributed by atoms with Gasteiger partial charge in [0.05, 0.1) is 6.61 Å². The van der Waals surface area contributed by atoms with Gasteiger partial charge in [-0.15, -0.1) is 0 Å². The molecule has 0 aromatic carbocycles. The van der Waals surface area contributed by atoms with Crippen molar-refractivity contribution >= 4 is 11.9 Å². The minimum atomic E-state index is -1.49. The van der Waals surface area contributed by atoms with Gasteiger partial charge in [0.1, 0.15) is 18.2 Å². The molecule has 1 aliphatic heterocycles. The molecule has 4 N–H and O–H groups in total. The van der Waals surface area contributed by atoms with Crippen LogP contribution in [0.2, 0.25) is 0 Å². The second kappa shape index (κ2) is 6.10. The molecule has 1 fully saturated rings. The summed E-state index contributed by atoms with van der Waals surface area (Å²) < 4.78 is 9.79. The molecule has 0 radical (unpaired) electrons. The van der Waals surface area contributed by atoms with Gasteiger partial charge in [-0.25, -0.2) is 0 Å². The van der Waals surface area contributed by atoms with Crippen molar-refractivity contribution in [3.63, 3.8) is 0 Å². The van der Waals surface area contributed by atoms with Gasteiger partial charge in [0, 0.05) is 13.8 Å². The van der Waals surface area contributed by atoms with Gasteiger partial charge < -0.3 is 30.1 Å². The molecule has 5 atom stereocenters. The largest absolute Gasteiger partial charge is 0.457 e. The summed E-state index contributed by atoms with van der Waals surface area (Å²) in [6.07, 6.45) is -5.11. The molecule has 1 rings (SSSR count). The topological polar surface area (TPSA) is 125 Å². The van der Waals surface area contributed by atoms with Gasteiger partial charge in [0.15, 0.2) is 12.4 Å². The molecule has 0 aromatic heterocycles. The lowest BCUT2D eigenvalue weighted by Gasteiger charge is -2.41. The quantitative estimate of drug-likeness (QED) is 0.414. The van der Waals surface area contributed by atoms with E-state index >= 15 is 0 Å². The lowest BCUT2D eigenvalue weighted by atomic mass is 9.96. The Hall–Kier alpha value is -1.22. The highest BCUT2D eigenvalue weighted by Crippen LogP contribution is 2.22.